The Bertz CT molecular complexity index is 567. The second kappa shape index (κ2) is 9.23. The number of allylic oxidation sites excluding steroid dienone is 2. The maximum Gasteiger partial charge on any atom is 0.339 e. The number of hydrogen-bond acceptors (Lipinski definition) is 3. The zero-order valence-corrected chi connectivity index (χ0v) is 14.4. The molecule has 0 bridgehead atoms. The van der Waals surface area contributed by atoms with Gasteiger partial charge in [-0.3, -0.25) is 0 Å². The van der Waals surface area contributed by atoms with E-state index in [2.05, 4.69) is 20.8 Å². The van der Waals surface area contributed by atoms with Crippen LogP contribution >= 0.6 is 0 Å². The molecule has 0 heterocycles. The van der Waals surface area contributed by atoms with Crippen molar-refractivity contribution >= 4 is 5.97 Å². The largest absolute Gasteiger partial charge is 0.508 e. The van der Waals surface area contributed by atoms with Gasteiger partial charge in [0, 0.05) is 5.56 Å². The number of phenolic OH excluding ortho intramolecular Hbond substituents is 1. The molecule has 3 N–H and O–H groups in total. The van der Waals surface area contributed by atoms with E-state index >= 15 is 0 Å². The zero-order chi connectivity index (χ0) is 17.4. The predicted molar refractivity (Wildman–Crippen MR) is 92.3 cm³/mol. The standard InChI is InChI=1S/C19H28O4/c1-4-7-8-9-14-12-16(20)15(11-10-13(5-2)6-3)18(21)17(14)19(22)23/h10,12,20-21H,4-9,11H2,1-3H3,(H,22,23). The number of aromatic hydroxyl groups is 2. The third-order valence-corrected chi connectivity index (χ3v) is 4.23. The molecule has 23 heavy (non-hydrogen) atoms. The lowest BCUT2D eigenvalue weighted by Gasteiger charge is -2.14. The first kappa shape index (κ1) is 19.1. The van der Waals surface area contributed by atoms with E-state index in [9.17, 15) is 20.1 Å². The summed E-state index contributed by atoms with van der Waals surface area (Å²) in [7, 11) is 0. The lowest BCUT2D eigenvalue weighted by atomic mass is 9.94. The number of carbonyl (C=O) groups is 1. The average Bonchev–Trinajstić information content (AvgIpc) is 2.50. The van der Waals surface area contributed by atoms with Crippen LogP contribution in [-0.4, -0.2) is 21.3 Å². The summed E-state index contributed by atoms with van der Waals surface area (Å²) in [6.07, 6.45) is 7.49. The van der Waals surface area contributed by atoms with Crippen molar-refractivity contribution in [2.24, 2.45) is 0 Å². The van der Waals surface area contributed by atoms with Gasteiger partial charge in [0.2, 0.25) is 0 Å². The second-order valence-electron chi connectivity index (χ2n) is 5.79. The molecule has 0 spiro atoms. The fourth-order valence-electron chi connectivity index (χ4n) is 2.74. The average molecular weight is 320 g/mol. The molecule has 0 aliphatic carbocycles. The highest BCUT2D eigenvalue weighted by atomic mass is 16.4. The first-order valence-electron chi connectivity index (χ1n) is 8.43. The van der Waals surface area contributed by atoms with Crippen LogP contribution in [0, 0.1) is 0 Å². The number of aromatic carboxylic acids is 1. The van der Waals surface area contributed by atoms with Gasteiger partial charge < -0.3 is 15.3 Å². The molecule has 1 aromatic rings. The Labute approximate surface area is 138 Å². The van der Waals surface area contributed by atoms with Gasteiger partial charge in [-0.15, -0.1) is 0 Å². The first-order valence-corrected chi connectivity index (χ1v) is 8.43. The summed E-state index contributed by atoms with van der Waals surface area (Å²) >= 11 is 0. The van der Waals surface area contributed by atoms with E-state index in [1.54, 1.807) is 0 Å². The molecule has 0 unspecified atom stereocenters. The Morgan fingerprint density at radius 2 is 1.78 bits per heavy atom. The number of rotatable bonds is 9. The summed E-state index contributed by atoms with van der Waals surface area (Å²) in [5.41, 5.74) is 1.94. The van der Waals surface area contributed by atoms with Crippen LogP contribution in [0.4, 0.5) is 0 Å². The van der Waals surface area contributed by atoms with E-state index < -0.39 is 5.97 Å². The molecule has 0 aliphatic heterocycles. The van der Waals surface area contributed by atoms with E-state index in [-0.39, 0.29) is 17.1 Å². The summed E-state index contributed by atoms with van der Waals surface area (Å²) in [6.45, 7) is 6.17. The Balaban J connectivity index is 3.21. The van der Waals surface area contributed by atoms with Crippen molar-refractivity contribution in [3.8, 4) is 11.5 Å². The molecule has 0 aliphatic rings. The maximum absolute atomic E-state index is 11.5. The predicted octanol–water partition coefficient (Wildman–Crippen LogP) is 4.82. The van der Waals surface area contributed by atoms with Gasteiger partial charge in [-0.2, -0.15) is 0 Å². The number of carboxylic acids is 1. The third kappa shape index (κ3) is 5.02. The van der Waals surface area contributed by atoms with Crippen molar-refractivity contribution in [2.45, 2.75) is 65.7 Å². The number of hydrogen-bond donors (Lipinski definition) is 3. The van der Waals surface area contributed by atoms with Crippen molar-refractivity contribution in [1.82, 2.24) is 0 Å². The minimum absolute atomic E-state index is 0.0261. The molecule has 0 radical (unpaired) electrons. The normalized spacial score (nSPS) is 10.6. The molecule has 0 atom stereocenters. The zero-order valence-electron chi connectivity index (χ0n) is 14.4. The van der Waals surface area contributed by atoms with Crippen LogP contribution < -0.4 is 0 Å². The molecule has 0 saturated heterocycles. The smallest absolute Gasteiger partial charge is 0.339 e. The molecule has 4 heteroatoms. The number of aryl methyl sites for hydroxylation is 1. The lowest BCUT2D eigenvalue weighted by Crippen LogP contribution is -2.05. The van der Waals surface area contributed by atoms with E-state index in [0.717, 1.165) is 32.1 Å². The van der Waals surface area contributed by atoms with E-state index in [1.807, 2.05) is 6.08 Å². The molecule has 0 saturated carbocycles. The molecule has 4 nitrogen and oxygen atoms in total. The minimum atomic E-state index is -1.15. The highest BCUT2D eigenvalue weighted by molar-refractivity contribution is 5.93. The lowest BCUT2D eigenvalue weighted by molar-refractivity contribution is 0.0692. The molecular formula is C19H28O4. The number of carboxylic acid groups (broad SMARTS) is 1. The molecule has 0 aromatic heterocycles. The van der Waals surface area contributed by atoms with Crippen LogP contribution in [0.2, 0.25) is 0 Å². The summed E-state index contributed by atoms with van der Waals surface area (Å²) < 4.78 is 0. The summed E-state index contributed by atoms with van der Waals surface area (Å²) in [5, 5.41) is 30.0. The SMILES string of the molecule is CCCCCc1cc(O)c(CC=C(CC)CC)c(O)c1C(=O)O. The fraction of sp³-hybridized carbons (Fsp3) is 0.526. The Morgan fingerprint density at radius 3 is 2.30 bits per heavy atom. The highest BCUT2D eigenvalue weighted by Gasteiger charge is 2.21. The molecule has 1 rings (SSSR count). The van der Waals surface area contributed by atoms with Crippen LogP contribution in [0.15, 0.2) is 17.7 Å². The van der Waals surface area contributed by atoms with Crippen LogP contribution in [0.3, 0.4) is 0 Å². The van der Waals surface area contributed by atoms with Crippen LogP contribution in [-0.2, 0) is 12.8 Å². The van der Waals surface area contributed by atoms with Crippen LogP contribution in [0.25, 0.3) is 0 Å². The molecular weight excluding hydrogens is 292 g/mol. The maximum atomic E-state index is 11.5. The second-order valence-corrected chi connectivity index (χ2v) is 5.79. The van der Waals surface area contributed by atoms with E-state index in [0.29, 0.717) is 24.0 Å². The van der Waals surface area contributed by atoms with Crippen molar-refractivity contribution in [3.63, 3.8) is 0 Å². The molecule has 1 aromatic carbocycles. The van der Waals surface area contributed by atoms with Crippen LogP contribution in [0.1, 0.15) is 74.4 Å². The quantitative estimate of drug-likeness (QED) is 0.450. The highest BCUT2D eigenvalue weighted by Crippen LogP contribution is 2.35. The van der Waals surface area contributed by atoms with Crippen molar-refractivity contribution < 1.29 is 20.1 Å². The van der Waals surface area contributed by atoms with Gasteiger partial charge in [-0.1, -0.05) is 45.3 Å². The minimum Gasteiger partial charge on any atom is -0.508 e. The van der Waals surface area contributed by atoms with Gasteiger partial charge >= 0.3 is 5.97 Å². The van der Waals surface area contributed by atoms with Gasteiger partial charge in [0.1, 0.15) is 17.1 Å². The van der Waals surface area contributed by atoms with Gasteiger partial charge in [0.05, 0.1) is 0 Å². The Morgan fingerprint density at radius 1 is 1.13 bits per heavy atom. The first-order chi connectivity index (χ1) is 11.0. The fourth-order valence-corrected chi connectivity index (χ4v) is 2.74. The van der Waals surface area contributed by atoms with Gasteiger partial charge in [-0.05, 0) is 43.7 Å². The molecule has 0 amide bonds. The van der Waals surface area contributed by atoms with E-state index in [1.165, 1.54) is 11.6 Å². The number of unbranched alkanes of at least 4 members (excludes halogenated alkanes) is 2. The third-order valence-electron chi connectivity index (χ3n) is 4.23. The van der Waals surface area contributed by atoms with Crippen molar-refractivity contribution in [3.05, 3.63) is 34.4 Å². The van der Waals surface area contributed by atoms with Crippen molar-refractivity contribution in [1.29, 1.82) is 0 Å². The van der Waals surface area contributed by atoms with Crippen molar-refractivity contribution in [2.75, 3.05) is 0 Å². The summed E-state index contributed by atoms with van der Waals surface area (Å²) in [4.78, 5) is 11.5. The Kier molecular flexibility index (Phi) is 7.66. The summed E-state index contributed by atoms with van der Waals surface area (Å²) in [6, 6.07) is 1.50. The number of benzene rings is 1. The topological polar surface area (TPSA) is 77.8 Å². The van der Waals surface area contributed by atoms with Crippen LogP contribution in [0.5, 0.6) is 11.5 Å². The monoisotopic (exact) mass is 320 g/mol. The van der Waals surface area contributed by atoms with E-state index in [4.69, 9.17) is 0 Å². The summed E-state index contributed by atoms with van der Waals surface area (Å²) in [5.74, 6) is -1.47. The molecule has 0 fully saturated rings. The van der Waals surface area contributed by atoms with Gasteiger partial charge in [0.15, 0.2) is 0 Å². The molecule has 128 valence electrons. The van der Waals surface area contributed by atoms with Gasteiger partial charge in [0.25, 0.3) is 0 Å². The van der Waals surface area contributed by atoms with Gasteiger partial charge in [-0.25, -0.2) is 4.79 Å². The Hall–Kier alpha value is -1.97. The number of phenols is 2.